The topological polar surface area (TPSA) is 58.4 Å². The van der Waals surface area contributed by atoms with Crippen LogP contribution in [0.2, 0.25) is 5.02 Å². The number of likely N-dealkylation sites (tertiary alicyclic amines) is 1. The summed E-state index contributed by atoms with van der Waals surface area (Å²) in [4.78, 5) is 14.5. The number of carbonyl (C=O) groups excluding carboxylic acids is 1. The largest absolute Gasteiger partial charge is 0.361 e. The van der Waals surface area contributed by atoms with E-state index in [1.165, 1.54) is 18.2 Å². The predicted molar refractivity (Wildman–Crippen MR) is 88.5 cm³/mol. The molecule has 1 fully saturated rings. The fraction of sp³-hybridized carbons (Fsp3) is 0.412. The highest BCUT2D eigenvalue weighted by atomic mass is 35.5. The molecular weight excluding hydrogens is 333 g/mol. The lowest BCUT2D eigenvalue weighted by atomic mass is 10.1. The van der Waals surface area contributed by atoms with Crippen LogP contribution in [-0.2, 0) is 6.54 Å². The summed E-state index contributed by atoms with van der Waals surface area (Å²) in [6, 6.07) is 4.20. The average Bonchev–Trinajstić information content (AvgIpc) is 3.09. The lowest BCUT2D eigenvalue weighted by Crippen LogP contribution is -2.37. The third kappa shape index (κ3) is 3.44. The molecule has 1 aromatic heterocycles. The zero-order chi connectivity index (χ0) is 17.3. The molecule has 1 aliphatic heterocycles. The molecule has 24 heavy (non-hydrogen) atoms. The Kier molecular flexibility index (Phi) is 4.87. The summed E-state index contributed by atoms with van der Waals surface area (Å²) in [6.07, 6.45) is 0.807. The second-order valence-electron chi connectivity index (χ2n) is 6.09. The first kappa shape index (κ1) is 16.9. The number of aryl methyl sites for hydroxylation is 2. The molecule has 1 saturated heterocycles. The molecule has 0 spiro atoms. The Bertz CT molecular complexity index is 723. The molecule has 1 amide bonds. The molecule has 1 atom stereocenters. The van der Waals surface area contributed by atoms with Crippen LogP contribution in [0.25, 0.3) is 0 Å². The van der Waals surface area contributed by atoms with Crippen LogP contribution in [0.5, 0.6) is 0 Å². The minimum Gasteiger partial charge on any atom is -0.361 e. The minimum atomic E-state index is -0.606. The molecule has 0 bridgehead atoms. The van der Waals surface area contributed by atoms with Gasteiger partial charge in [-0.15, -0.1) is 0 Å². The first-order valence-corrected chi connectivity index (χ1v) is 8.22. The Morgan fingerprint density at radius 1 is 1.50 bits per heavy atom. The molecule has 0 unspecified atom stereocenters. The van der Waals surface area contributed by atoms with E-state index in [4.69, 9.17) is 16.1 Å². The van der Waals surface area contributed by atoms with Crippen molar-refractivity contribution >= 4 is 17.5 Å². The van der Waals surface area contributed by atoms with E-state index in [9.17, 15) is 9.18 Å². The van der Waals surface area contributed by atoms with Crippen LogP contribution in [0, 0.1) is 19.7 Å². The Balaban J connectivity index is 1.61. The molecule has 0 aliphatic carbocycles. The van der Waals surface area contributed by atoms with Gasteiger partial charge in [0.2, 0.25) is 0 Å². The Morgan fingerprint density at radius 2 is 2.29 bits per heavy atom. The van der Waals surface area contributed by atoms with Gasteiger partial charge in [0, 0.05) is 31.2 Å². The number of carbonyl (C=O) groups is 1. The zero-order valence-corrected chi connectivity index (χ0v) is 14.4. The second-order valence-corrected chi connectivity index (χ2v) is 6.50. The van der Waals surface area contributed by atoms with E-state index in [1.807, 2.05) is 13.8 Å². The van der Waals surface area contributed by atoms with E-state index in [1.54, 1.807) is 0 Å². The van der Waals surface area contributed by atoms with Gasteiger partial charge >= 0.3 is 0 Å². The van der Waals surface area contributed by atoms with Crippen molar-refractivity contribution in [2.24, 2.45) is 0 Å². The van der Waals surface area contributed by atoms with Crippen LogP contribution in [0.3, 0.4) is 0 Å². The summed E-state index contributed by atoms with van der Waals surface area (Å²) in [7, 11) is 0. The number of hydrogen-bond donors (Lipinski definition) is 1. The lowest BCUT2D eigenvalue weighted by Gasteiger charge is -2.17. The first-order chi connectivity index (χ1) is 11.5. The maximum Gasteiger partial charge on any atom is 0.256 e. The summed E-state index contributed by atoms with van der Waals surface area (Å²) in [6.45, 7) is 6.09. The molecule has 2 aromatic rings. The first-order valence-electron chi connectivity index (χ1n) is 7.84. The normalized spacial score (nSPS) is 18.1. The number of amides is 1. The number of aromatic nitrogens is 1. The fourth-order valence-electron chi connectivity index (χ4n) is 3.02. The van der Waals surface area contributed by atoms with Crippen LogP contribution >= 0.6 is 11.6 Å². The van der Waals surface area contributed by atoms with E-state index < -0.39 is 11.7 Å². The van der Waals surface area contributed by atoms with Crippen molar-refractivity contribution < 1.29 is 13.7 Å². The Hall–Kier alpha value is -1.92. The third-order valence-electron chi connectivity index (χ3n) is 4.36. The van der Waals surface area contributed by atoms with Gasteiger partial charge in [0.15, 0.2) is 0 Å². The predicted octanol–water partition coefficient (Wildman–Crippen LogP) is 3.09. The van der Waals surface area contributed by atoms with Crippen LogP contribution in [0.15, 0.2) is 22.7 Å². The molecule has 0 radical (unpaired) electrons. The standard InChI is InChI=1S/C17H19ClFN3O2/c1-10-13(11(2)24-21-10)9-22-7-6-12(8-22)20-17(23)16-14(18)4-3-5-15(16)19/h3-5,12H,6-9H2,1-2H3,(H,20,23)/t12-/m1/s1. The smallest absolute Gasteiger partial charge is 0.256 e. The maximum absolute atomic E-state index is 13.8. The molecule has 1 N–H and O–H groups in total. The van der Waals surface area contributed by atoms with Crippen LogP contribution in [-0.4, -0.2) is 35.1 Å². The summed E-state index contributed by atoms with van der Waals surface area (Å²) >= 11 is 5.94. The van der Waals surface area contributed by atoms with Crippen LogP contribution in [0.4, 0.5) is 4.39 Å². The summed E-state index contributed by atoms with van der Waals surface area (Å²) in [5, 5.41) is 6.95. The SMILES string of the molecule is Cc1noc(C)c1CN1CC[C@@H](NC(=O)c2c(F)cccc2Cl)C1. The van der Waals surface area contributed by atoms with Crippen molar-refractivity contribution in [1.29, 1.82) is 0 Å². The van der Waals surface area contributed by atoms with Gasteiger partial charge in [-0.3, -0.25) is 9.69 Å². The zero-order valence-electron chi connectivity index (χ0n) is 13.6. The van der Waals surface area contributed by atoms with Gasteiger partial charge in [-0.25, -0.2) is 4.39 Å². The fourth-order valence-corrected chi connectivity index (χ4v) is 3.27. The second kappa shape index (κ2) is 6.91. The van der Waals surface area contributed by atoms with Gasteiger partial charge in [-0.1, -0.05) is 22.8 Å². The number of nitrogens with zero attached hydrogens (tertiary/aromatic N) is 2. The minimum absolute atomic E-state index is 0.0337. The molecule has 1 aliphatic rings. The lowest BCUT2D eigenvalue weighted by molar-refractivity contribution is 0.0933. The highest BCUT2D eigenvalue weighted by Gasteiger charge is 2.27. The highest BCUT2D eigenvalue weighted by Crippen LogP contribution is 2.21. The Morgan fingerprint density at radius 3 is 2.96 bits per heavy atom. The van der Waals surface area contributed by atoms with Gasteiger partial charge in [-0.2, -0.15) is 0 Å². The van der Waals surface area contributed by atoms with E-state index >= 15 is 0 Å². The molecule has 0 saturated carbocycles. The van der Waals surface area contributed by atoms with Crippen molar-refractivity contribution in [3.05, 3.63) is 51.6 Å². The van der Waals surface area contributed by atoms with Gasteiger partial charge in [0.25, 0.3) is 5.91 Å². The summed E-state index contributed by atoms with van der Waals surface area (Å²) in [5.74, 6) is -0.258. The van der Waals surface area contributed by atoms with E-state index in [0.717, 1.165) is 36.5 Å². The van der Waals surface area contributed by atoms with Crippen molar-refractivity contribution in [2.75, 3.05) is 13.1 Å². The number of halogens is 2. The molecule has 5 nitrogen and oxygen atoms in total. The van der Waals surface area contributed by atoms with E-state index in [0.29, 0.717) is 6.54 Å². The van der Waals surface area contributed by atoms with Crippen molar-refractivity contribution in [2.45, 2.75) is 32.9 Å². The average molecular weight is 352 g/mol. The van der Waals surface area contributed by atoms with Crippen LogP contribution in [0.1, 0.15) is 33.8 Å². The van der Waals surface area contributed by atoms with Gasteiger partial charge < -0.3 is 9.84 Å². The molecular formula is C17H19ClFN3O2. The molecule has 3 rings (SSSR count). The van der Waals surface area contributed by atoms with Gasteiger partial charge in [-0.05, 0) is 32.4 Å². The number of nitrogens with one attached hydrogen (secondary N) is 1. The maximum atomic E-state index is 13.8. The van der Waals surface area contributed by atoms with E-state index in [-0.39, 0.29) is 16.6 Å². The van der Waals surface area contributed by atoms with Crippen molar-refractivity contribution in [1.82, 2.24) is 15.4 Å². The number of benzene rings is 1. The summed E-state index contributed by atoms with van der Waals surface area (Å²) < 4.78 is 19.0. The van der Waals surface area contributed by atoms with E-state index in [2.05, 4.69) is 15.4 Å². The van der Waals surface area contributed by atoms with Crippen molar-refractivity contribution in [3.8, 4) is 0 Å². The van der Waals surface area contributed by atoms with Crippen LogP contribution < -0.4 is 5.32 Å². The van der Waals surface area contributed by atoms with Gasteiger partial charge in [0.05, 0.1) is 16.3 Å². The Labute approximate surface area is 144 Å². The monoisotopic (exact) mass is 351 g/mol. The number of rotatable bonds is 4. The quantitative estimate of drug-likeness (QED) is 0.919. The number of hydrogen-bond acceptors (Lipinski definition) is 4. The molecule has 2 heterocycles. The van der Waals surface area contributed by atoms with Gasteiger partial charge in [0.1, 0.15) is 11.6 Å². The highest BCUT2D eigenvalue weighted by molar-refractivity contribution is 6.33. The third-order valence-corrected chi connectivity index (χ3v) is 4.68. The molecule has 128 valence electrons. The van der Waals surface area contributed by atoms with Crippen molar-refractivity contribution in [3.63, 3.8) is 0 Å². The molecule has 1 aromatic carbocycles. The molecule has 7 heteroatoms. The summed E-state index contributed by atoms with van der Waals surface area (Å²) in [5.41, 5.74) is 1.88.